The van der Waals surface area contributed by atoms with Crippen molar-refractivity contribution in [2.45, 2.75) is 32.5 Å². The highest BCUT2D eigenvalue weighted by Gasteiger charge is 2.26. The van der Waals surface area contributed by atoms with Gasteiger partial charge in [-0.3, -0.25) is 4.79 Å². The fourth-order valence-corrected chi connectivity index (χ4v) is 0.483. The predicted octanol–water partition coefficient (Wildman–Crippen LogP) is 0.232. The summed E-state index contributed by atoms with van der Waals surface area (Å²) in [5, 5.41) is 11.4. The van der Waals surface area contributed by atoms with Crippen LogP contribution in [-0.2, 0) is 4.79 Å². The number of alkyl halides is 1. The number of halogens is 1. The lowest BCUT2D eigenvalue weighted by Gasteiger charge is -2.21. The third-order valence-corrected chi connectivity index (χ3v) is 1.30. The molecule has 0 unspecified atom stereocenters. The molecule has 0 aliphatic carbocycles. The molecule has 1 atom stereocenters. The molecule has 0 saturated heterocycles. The molecule has 0 spiro atoms. The first-order chi connectivity index (χ1) is 4.84. The van der Waals surface area contributed by atoms with E-state index in [0.29, 0.717) is 0 Å². The summed E-state index contributed by atoms with van der Waals surface area (Å²) >= 11 is 0. The average molecular weight is 163 g/mol. The molecule has 3 nitrogen and oxygen atoms in total. The molecule has 0 saturated carbocycles. The number of aliphatic hydroxyl groups is 1. The number of carbonyl (C=O) groups excluding carboxylic acids is 1. The monoisotopic (exact) mass is 163 g/mol. The van der Waals surface area contributed by atoms with E-state index < -0.39 is 11.8 Å². The summed E-state index contributed by atoms with van der Waals surface area (Å²) in [6.45, 7) is 3.88. The van der Waals surface area contributed by atoms with Crippen LogP contribution in [0.4, 0.5) is 4.39 Å². The first-order valence-electron chi connectivity index (χ1n) is 3.45. The van der Waals surface area contributed by atoms with E-state index in [1.54, 1.807) is 0 Å². The van der Waals surface area contributed by atoms with E-state index in [0.717, 1.165) is 0 Å². The molecule has 4 heteroatoms. The fourth-order valence-electron chi connectivity index (χ4n) is 0.483. The second-order valence-electron chi connectivity index (χ2n) is 3.06. The van der Waals surface area contributed by atoms with Crippen molar-refractivity contribution in [1.82, 2.24) is 5.32 Å². The first kappa shape index (κ1) is 10.4. The Hall–Kier alpha value is -0.640. The fraction of sp³-hybridized carbons (Fsp3) is 0.857. The van der Waals surface area contributed by atoms with E-state index in [-0.39, 0.29) is 12.5 Å². The maximum atomic E-state index is 12.8. The Labute approximate surface area is 65.6 Å². The third kappa shape index (κ3) is 4.72. The molecule has 0 aliphatic rings. The first-order valence-corrected chi connectivity index (χ1v) is 3.45. The molecule has 66 valence electrons. The smallest absolute Gasteiger partial charge is 0.216 e. The molecule has 0 heterocycles. The Morgan fingerprint density at radius 1 is 1.73 bits per heavy atom. The third-order valence-electron chi connectivity index (χ3n) is 1.30. The highest BCUT2D eigenvalue weighted by Crippen LogP contribution is 2.10. The lowest BCUT2D eigenvalue weighted by molar-refractivity contribution is -0.119. The minimum Gasteiger partial charge on any atom is -0.387 e. The van der Waals surface area contributed by atoms with Gasteiger partial charge in [0, 0.05) is 6.92 Å². The quantitative estimate of drug-likeness (QED) is 0.625. The molecular weight excluding hydrogens is 149 g/mol. The van der Waals surface area contributed by atoms with E-state index in [1.165, 1.54) is 20.8 Å². The van der Waals surface area contributed by atoms with Crippen LogP contribution in [0.1, 0.15) is 20.8 Å². The van der Waals surface area contributed by atoms with Crippen molar-refractivity contribution in [2.75, 3.05) is 6.54 Å². The molecule has 0 aromatic carbocycles. The molecule has 0 rings (SSSR count). The second kappa shape index (κ2) is 3.67. The lowest BCUT2D eigenvalue weighted by atomic mass is 10.0. The number of nitrogens with one attached hydrogen (secondary N) is 1. The second-order valence-corrected chi connectivity index (χ2v) is 3.06. The van der Waals surface area contributed by atoms with Gasteiger partial charge >= 0.3 is 0 Å². The zero-order valence-electron chi connectivity index (χ0n) is 7.02. The Morgan fingerprint density at radius 3 is 2.45 bits per heavy atom. The number of carbonyl (C=O) groups is 1. The van der Waals surface area contributed by atoms with Crippen LogP contribution in [-0.4, -0.2) is 29.3 Å². The van der Waals surface area contributed by atoms with E-state index in [2.05, 4.69) is 5.32 Å². The lowest BCUT2D eigenvalue weighted by Crippen LogP contribution is -2.41. The summed E-state index contributed by atoms with van der Waals surface area (Å²) < 4.78 is 12.8. The zero-order chi connectivity index (χ0) is 9.07. The standard InChI is InChI=1S/C7H14FNO2/c1-5(10)9-4-6(8)7(2,3)11/h6,11H,4H2,1-3H3,(H,9,10)/t6-/m0/s1. The van der Waals surface area contributed by atoms with Gasteiger partial charge in [0.25, 0.3) is 0 Å². The van der Waals surface area contributed by atoms with Gasteiger partial charge in [0.05, 0.1) is 12.1 Å². The summed E-state index contributed by atoms with van der Waals surface area (Å²) in [5.74, 6) is -0.295. The van der Waals surface area contributed by atoms with Crippen LogP contribution in [0.2, 0.25) is 0 Å². The Balaban J connectivity index is 3.70. The summed E-state index contributed by atoms with van der Waals surface area (Å²) in [6.07, 6.45) is -1.42. The summed E-state index contributed by atoms with van der Waals surface area (Å²) in [6, 6.07) is 0. The minimum atomic E-state index is -1.42. The minimum absolute atomic E-state index is 0.140. The van der Waals surface area contributed by atoms with Gasteiger partial charge in [-0.25, -0.2) is 4.39 Å². The van der Waals surface area contributed by atoms with Crippen molar-refractivity contribution < 1.29 is 14.3 Å². The highest BCUT2D eigenvalue weighted by atomic mass is 19.1. The largest absolute Gasteiger partial charge is 0.387 e. The average Bonchev–Trinajstić information content (AvgIpc) is 1.80. The van der Waals surface area contributed by atoms with E-state index in [1.807, 2.05) is 0 Å². The maximum absolute atomic E-state index is 12.8. The Kier molecular flexibility index (Phi) is 3.45. The normalized spacial score (nSPS) is 14.3. The molecule has 2 N–H and O–H groups in total. The Bertz CT molecular complexity index is 142. The van der Waals surface area contributed by atoms with Crippen molar-refractivity contribution in [2.24, 2.45) is 0 Å². The SMILES string of the molecule is CC(=O)NC[C@H](F)C(C)(C)O. The molecule has 0 fully saturated rings. The summed E-state index contributed by atoms with van der Waals surface area (Å²) in [4.78, 5) is 10.3. The number of hydrogen-bond acceptors (Lipinski definition) is 2. The highest BCUT2D eigenvalue weighted by molar-refractivity contribution is 5.72. The molecule has 0 bridgehead atoms. The number of amides is 1. The van der Waals surface area contributed by atoms with Crippen LogP contribution in [0.15, 0.2) is 0 Å². The van der Waals surface area contributed by atoms with Crippen LogP contribution < -0.4 is 5.32 Å². The zero-order valence-corrected chi connectivity index (χ0v) is 7.02. The van der Waals surface area contributed by atoms with Gasteiger partial charge in [0.1, 0.15) is 6.17 Å². The van der Waals surface area contributed by atoms with Crippen LogP contribution in [0.25, 0.3) is 0 Å². The van der Waals surface area contributed by atoms with Gasteiger partial charge in [0.15, 0.2) is 0 Å². The van der Waals surface area contributed by atoms with Gasteiger partial charge in [0.2, 0.25) is 5.91 Å². The van der Waals surface area contributed by atoms with E-state index >= 15 is 0 Å². The van der Waals surface area contributed by atoms with Gasteiger partial charge in [-0.05, 0) is 13.8 Å². The maximum Gasteiger partial charge on any atom is 0.216 e. The van der Waals surface area contributed by atoms with Crippen LogP contribution >= 0.6 is 0 Å². The van der Waals surface area contributed by atoms with E-state index in [4.69, 9.17) is 5.11 Å². The van der Waals surface area contributed by atoms with Gasteiger partial charge in [-0.1, -0.05) is 0 Å². The molecule has 0 aliphatic heterocycles. The molecule has 11 heavy (non-hydrogen) atoms. The van der Waals surface area contributed by atoms with Crippen LogP contribution in [0.5, 0.6) is 0 Å². The molecule has 0 aromatic rings. The van der Waals surface area contributed by atoms with Crippen LogP contribution in [0, 0.1) is 0 Å². The van der Waals surface area contributed by atoms with Gasteiger partial charge in [-0.2, -0.15) is 0 Å². The Morgan fingerprint density at radius 2 is 2.18 bits per heavy atom. The topological polar surface area (TPSA) is 49.3 Å². The van der Waals surface area contributed by atoms with Crippen molar-refractivity contribution in [3.63, 3.8) is 0 Å². The van der Waals surface area contributed by atoms with Gasteiger partial charge in [-0.15, -0.1) is 0 Å². The van der Waals surface area contributed by atoms with Crippen molar-refractivity contribution in [3.05, 3.63) is 0 Å². The predicted molar refractivity (Wildman–Crippen MR) is 39.9 cm³/mol. The molecule has 0 aromatic heterocycles. The van der Waals surface area contributed by atoms with Crippen LogP contribution in [0.3, 0.4) is 0 Å². The molecular formula is C7H14FNO2. The van der Waals surface area contributed by atoms with Crippen molar-refractivity contribution in [1.29, 1.82) is 0 Å². The van der Waals surface area contributed by atoms with Crippen molar-refractivity contribution >= 4 is 5.91 Å². The summed E-state index contributed by atoms with van der Waals surface area (Å²) in [5.41, 5.74) is -1.39. The molecule has 1 amide bonds. The van der Waals surface area contributed by atoms with Crippen molar-refractivity contribution in [3.8, 4) is 0 Å². The van der Waals surface area contributed by atoms with E-state index in [9.17, 15) is 9.18 Å². The van der Waals surface area contributed by atoms with Gasteiger partial charge < -0.3 is 10.4 Å². The molecule has 0 radical (unpaired) electrons. The number of rotatable bonds is 3. The summed E-state index contributed by atoms with van der Waals surface area (Å²) in [7, 11) is 0. The number of hydrogen-bond donors (Lipinski definition) is 2.